The second-order valence-electron chi connectivity index (χ2n) is 6.38. The van der Waals surface area contributed by atoms with Crippen LogP contribution in [0.25, 0.3) is 20.4 Å². The molecule has 0 aromatic carbocycles. The van der Waals surface area contributed by atoms with Gasteiger partial charge in [0, 0.05) is 26.8 Å². The predicted molar refractivity (Wildman–Crippen MR) is 113 cm³/mol. The molecular formula is C19H29N5OS. The van der Waals surface area contributed by atoms with Crippen LogP contribution >= 0.6 is 11.3 Å². The molecule has 0 aliphatic carbocycles. The van der Waals surface area contributed by atoms with Gasteiger partial charge in [0.2, 0.25) is 0 Å². The van der Waals surface area contributed by atoms with Crippen LogP contribution in [0.4, 0.5) is 5.69 Å². The van der Waals surface area contributed by atoms with Crippen LogP contribution in [0.5, 0.6) is 0 Å². The molecule has 1 N–H and O–H groups in total. The minimum absolute atomic E-state index is 0.0320. The van der Waals surface area contributed by atoms with Gasteiger partial charge in [-0.25, -0.2) is 9.97 Å². The second-order valence-corrected chi connectivity index (χ2v) is 7.38. The van der Waals surface area contributed by atoms with E-state index in [1.807, 2.05) is 39.0 Å². The fourth-order valence-corrected chi connectivity index (χ4v) is 3.76. The van der Waals surface area contributed by atoms with Crippen LogP contribution in [0.2, 0.25) is 0 Å². The fraction of sp³-hybridized carbons (Fsp3) is 0.526. The molecule has 0 aliphatic rings. The van der Waals surface area contributed by atoms with Gasteiger partial charge in [-0.1, -0.05) is 20.3 Å². The van der Waals surface area contributed by atoms with E-state index in [2.05, 4.69) is 22.2 Å². The summed E-state index contributed by atoms with van der Waals surface area (Å²) >= 11 is 1.43. The highest BCUT2D eigenvalue weighted by molar-refractivity contribution is 7.25. The van der Waals surface area contributed by atoms with Gasteiger partial charge in [0.1, 0.15) is 9.53 Å². The number of nitrogens with zero attached hydrogens (tertiary/aromatic N) is 4. The second kappa shape index (κ2) is 9.64. The first-order chi connectivity index (χ1) is 12.5. The van der Waals surface area contributed by atoms with E-state index in [0.717, 1.165) is 34.4 Å². The molecule has 0 saturated carbocycles. The van der Waals surface area contributed by atoms with E-state index >= 15 is 0 Å². The summed E-state index contributed by atoms with van der Waals surface area (Å²) in [5, 5.41) is 4.04. The van der Waals surface area contributed by atoms with Crippen molar-refractivity contribution in [3.63, 3.8) is 0 Å². The Morgan fingerprint density at radius 3 is 2.58 bits per heavy atom. The molecular weight excluding hydrogens is 346 g/mol. The summed E-state index contributed by atoms with van der Waals surface area (Å²) in [4.78, 5) is 24.2. The smallest absolute Gasteiger partial charge is 0.271 e. The maximum atomic E-state index is 12.5. The average Bonchev–Trinajstić information content (AvgIpc) is 3.02. The van der Waals surface area contributed by atoms with E-state index in [9.17, 15) is 4.79 Å². The maximum Gasteiger partial charge on any atom is 0.271 e. The monoisotopic (exact) mass is 375 g/mol. The number of anilines is 1. The van der Waals surface area contributed by atoms with Crippen LogP contribution < -0.4 is 15.8 Å². The van der Waals surface area contributed by atoms with E-state index < -0.39 is 0 Å². The van der Waals surface area contributed by atoms with Gasteiger partial charge in [0.25, 0.3) is 5.56 Å². The lowest BCUT2D eigenvalue weighted by Gasteiger charge is -2.13. The van der Waals surface area contributed by atoms with Crippen molar-refractivity contribution in [1.29, 1.82) is 0 Å². The summed E-state index contributed by atoms with van der Waals surface area (Å²) < 4.78 is 2.37. The third kappa shape index (κ3) is 4.40. The Balaban J connectivity index is 0.000000352. The topological polar surface area (TPSA) is 63.1 Å². The normalized spacial score (nSPS) is 10.8. The van der Waals surface area contributed by atoms with Gasteiger partial charge in [-0.15, -0.1) is 11.3 Å². The molecule has 0 amide bonds. The van der Waals surface area contributed by atoms with Crippen LogP contribution in [-0.2, 0) is 6.54 Å². The number of aromatic nitrogens is 3. The number of hydrogen-bond acceptors (Lipinski definition) is 6. The summed E-state index contributed by atoms with van der Waals surface area (Å²) in [6.45, 7) is 6.10. The van der Waals surface area contributed by atoms with Gasteiger partial charge in [0.05, 0.1) is 22.9 Å². The Kier molecular flexibility index (Phi) is 7.53. The minimum Gasteiger partial charge on any atom is -0.377 e. The first-order valence-corrected chi connectivity index (χ1v) is 9.95. The summed E-state index contributed by atoms with van der Waals surface area (Å²) in [6.07, 6.45) is 6.93. The molecule has 0 saturated heterocycles. The molecule has 0 unspecified atom stereocenters. The standard InChI is InChI=1S/C14H16N4OS.C5H13N/c1-4-7-18-8-16-11-10-9(17(2)3)5-6-15-13(10)20-12(11)14(18)19;1-3-4-5-6-2/h5-6,8H,4,7H2,1-3H3;6H,3-5H2,1-2H3. The molecule has 3 aromatic rings. The van der Waals surface area contributed by atoms with Crippen molar-refractivity contribution in [1.82, 2.24) is 19.9 Å². The summed E-state index contributed by atoms with van der Waals surface area (Å²) in [6, 6.07) is 1.95. The Morgan fingerprint density at radius 2 is 2.00 bits per heavy atom. The van der Waals surface area contributed by atoms with Crippen molar-refractivity contribution in [2.45, 2.75) is 39.7 Å². The number of nitrogens with one attached hydrogen (secondary N) is 1. The Hall–Kier alpha value is -1.99. The van der Waals surface area contributed by atoms with Crippen LogP contribution in [0.1, 0.15) is 33.1 Å². The molecule has 26 heavy (non-hydrogen) atoms. The number of fused-ring (bicyclic) bond motifs is 3. The van der Waals surface area contributed by atoms with Gasteiger partial charge in [0.15, 0.2) is 0 Å². The van der Waals surface area contributed by atoms with Crippen molar-refractivity contribution in [2.75, 3.05) is 32.6 Å². The zero-order chi connectivity index (χ0) is 19.1. The average molecular weight is 376 g/mol. The SMILES string of the molecule is CCCCNC.CCCn1cnc2c(sc3nccc(N(C)C)c32)c1=O. The van der Waals surface area contributed by atoms with E-state index in [-0.39, 0.29) is 5.56 Å². The molecule has 3 rings (SSSR count). The number of pyridine rings is 1. The highest BCUT2D eigenvalue weighted by Crippen LogP contribution is 2.34. The van der Waals surface area contributed by atoms with Crippen molar-refractivity contribution in [2.24, 2.45) is 0 Å². The van der Waals surface area contributed by atoms with Crippen LogP contribution in [0, 0.1) is 0 Å². The highest BCUT2D eigenvalue weighted by atomic mass is 32.1. The molecule has 0 radical (unpaired) electrons. The van der Waals surface area contributed by atoms with Crippen molar-refractivity contribution in [3.8, 4) is 0 Å². The summed E-state index contributed by atoms with van der Waals surface area (Å²) in [5.41, 5.74) is 1.84. The van der Waals surface area contributed by atoms with Gasteiger partial charge < -0.3 is 10.2 Å². The zero-order valence-corrected chi connectivity index (χ0v) is 17.2. The van der Waals surface area contributed by atoms with Crippen LogP contribution in [-0.4, -0.2) is 42.2 Å². The van der Waals surface area contributed by atoms with Crippen LogP contribution in [0.15, 0.2) is 23.4 Å². The molecule has 0 aliphatic heterocycles. The van der Waals surface area contributed by atoms with E-state index in [0.29, 0.717) is 11.2 Å². The van der Waals surface area contributed by atoms with Crippen molar-refractivity contribution in [3.05, 3.63) is 28.9 Å². The number of thiophene rings is 1. The predicted octanol–water partition coefficient (Wildman–Crippen LogP) is 3.49. The Bertz CT molecular complexity index is 896. The molecule has 7 heteroatoms. The third-order valence-electron chi connectivity index (χ3n) is 4.05. The maximum absolute atomic E-state index is 12.5. The third-order valence-corrected chi connectivity index (χ3v) is 5.13. The zero-order valence-electron chi connectivity index (χ0n) is 16.4. The molecule has 3 heterocycles. The largest absolute Gasteiger partial charge is 0.377 e. The number of aryl methyl sites for hydroxylation is 1. The molecule has 142 valence electrons. The number of rotatable bonds is 6. The first-order valence-electron chi connectivity index (χ1n) is 9.13. The Morgan fingerprint density at radius 1 is 1.23 bits per heavy atom. The molecule has 0 atom stereocenters. The molecule has 0 bridgehead atoms. The van der Waals surface area contributed by atoms with Crippen molar-refractivity contribution >= 4 is 37.5 Å². The van der Waals surface area contributed by atoms with Crippen molar-refractivity contribution < 1.29 is 0 Å². The van der Waals surface area contributed by atoms with Gasteiger partial charge in [-0.3, -0.25) is 9.36 Å². The summed E-state index contributed by atoms with van der Waals surface area (Å²) in [5.74, 6) is 0. The summed E-state index contributed by atoms with van der Waals surface area (Å²) in [7, 11) is 5.95. The minimum atomic E-state index is 0.0320. The van der Waals surface area contributed by atoms with Crippen LogP contribution in [0.3, 0.4) is 0 Å². The quantitative estimate of drug-likeness (QED) is 0.668. The van der Waals surface area contributed by atoms with Gasteiger partial charge in [-0.05, 0) is 32.5 Å². The van der Waals surface area contributed by atoms with E-state index in [1.165, 1.54) is 24.2 Å². The molecule has 6 nitrogen and oxygen atoms in total. The first kappa shape index (κ1) is 20.3. The lowest BCUT2D eigenvalue weighted by Crippen LogP contribution is -2.19. The van der Waals surface area contributed by atoms with E-state index in [1.54, 1.807) is 17.1 Å². The number of unbranched alkanes of at least 4 members (excludes halogenated alkanes) is 1. The van der Waals surface area contributed by atoms with Gasteiger partial charge >= 0.3 is 0 Å². The van der Waals surface area contributed by atoms with E-state index in [4.69, 9.17) is 0 Å². The number of hydrogen-bond donors (Lipinski definition) is 1. The highest BCUT2D eigenvalue weighted by Gasteiger charge is 2.15. The molecule has 0 fully saturated rings. The van der Waals surface area contributed by atoms with Gasteiger partial charge in [-0.2, -0.15) is 0 Å². The molecule has 3 aromatic heterocycles. The lowest BCUT2D eigenvalue weighted by molar-refractivity contribution is 0.649. The Labute approximate surface area is 158 Å². The lowest BCUT2D eigenvalue weighted by atomic mass is 10.2. The molecule has 0 spiro atoms. The fourth-order valence-electron chi connectivity index (χ4n) is 2.70.